The highest BCUT2D eigenvalue weighted by atomic mass is 35.5. The molecule has 2 aliphatic rings. The van der Waals surface area contributed by atoms with Crippen molar-refractivity contribution >= 4 is 23.8 Å². The number of amides is 2. The van der Waals surface area contributed by atoms with Crippen LogP contribution in [0.4, 0.5) is 13.6 Å². The summed E-state index contributed by atoms with van der Waals surface area (Å²) in [7, 11) is 0. The van der Waals surface area contributed by atoms with Gasteiger partial charge in [-0.3, -0.25) is 0 Å². The van der Waals surface area contributed by atoms with Gasteiger partial charge in [0.2, 0.25) is 0 Å². The Kier molecular flexibility index (Phi) is 5.50. The van der Waals surface area contributed by atoms with E-state index >= 15 is 0 Å². The van der Waals surface area contributed by atoms with Gasteiger partial charge >= 0.3 is 6.03 Å². The first-order valence-corrected chi connectivity index (χ1v) is 9.62. The number of aromatic nitrogens is 1. The third-order valence-electron chi connectivity index (χ3n) is 4.93. The van der Waals surface area contributed by atoms with Gasteiger partial charge in [0.05, 0.1) is 12.6 Å². The van der Waals surface area contributed by atoms with E-state index in [9.17, 15) is 13.6 Å². The van der Waals surface area contributed by atoms with Gasteiger partial charge in [-0.2, -0.15) is 10.4 Å². The summed E-state index contributed by atoms with van der Waals surface area (Å²) in [6.07, 6.45) is 2.18. The number of benzene rings is 1. The number of halogens is 3. The van der Waals surface area contributed by atoms with E-state index in [0.29, 0.717) is 37.2 Å². The third kappa shape index (κ3) is 4.04. The number of likely N-dealkylation sites (tertiary alicyclic amines) is 1. The number of urea groups is 1. The number of carbonyl (C=O) groups is 1. The molecular formula is C20H16ClF2N5O2. The lowest BCUT2D eigenvalue weighted by atomic mass is 10.0. The summed E-state index contributed by atoms with van der Waals surface area (Å²) in [5, 5.41) is 14.3. The number of pyridine rings is 1. The molecule has 0 radical (unpaired) electrons. The lowest BCUT2D eigenvalue weighted by molar-refractivity contribution is 0.142. The Morgan fingerprint density at radius 1 is 1.27 bits per heavy atom. The Hall–Kier alpha value is -3.25. The molecular weight excluding hydrogens is 416 g/mol. The van der Waals surface area contributed by atoms with E-state index in [1.54, 1.807) is 17.2 Å². The first-order valence-electron chi connectivity index (χ1n) is 9.24. The van der Waals surface area contributed by atoms with Crippen LogP contribution in [0, 0.1) is 23.0 Å². The van der Waals surface area contributed by atoms with Crippen molar-refractivity contribution in [2.45, 2.75) is 25.0 Å². The molecule has 2 aromatic rings. The molecule has 0 bridgehead atoms. The highest BCUT2D eigenvalue weighted by Crippen LogP contribution is 2.32. The van der Waals surface area contributed by atoms with Gasteiger partial charge in [-0.15, -0.1) is 0 Å². The molecule has 2 unspecified atom stereocenters. The van der Waals surface area contributed by atoms with Crippen LogP contribution in [0.1, 0.15) is 30.1 Å². The molecule has 0 N–H and O–H groups in total. The predicted molar refractivity (Wildman–Crippen MR) is 104 cm³/mol. The summed E-state index contributed by atoms with van der Waals surface area (Å²) >= 11 is 6.05. The monoisotopic (exact) mass is 431 g/mol. The number of ether oxygens (including phenoxy) is 1. The molecule has 2 atom stereocenters. The average molecular weight is 432 g/mol. The number of carbonyl (C=O) groups excluding carboxylic acids is 1. The van der Waals surface area contributed by atoms with Crippen molar-refractivity contribution in [2.24, 2.45) is 5.10 Å². The topological polar surface area (TPSA) is 81.8 Å². The van der Waals surface area contributed by atoms with Crippen LogP contribution in [0.3, 0.4) is 0 Å². The van der Waals surface area contributed by atoms with E-state index in [2.05, 4.69) is 10.1 Å². The average Bonchev–Trinajstić information content (AvgIpc) is 3.38. The number of nitriles is 1. The van der Waals surface area contributed by atoms with Crippen molar-refractivity contribution < 1.29 is 18.3 Å². The van der Waals surface area contributed by atoms with Crippen molar-refractivity contribution in [3.8, 4) is 11.8 Å². The van der Waals surface area contributed by atoms with Gasteiger partial charge in [0.25, 0.3) is 0 Å². The molecule has 30 heavy (non-hydrogen) atoms. The second kappa shape index (κ2) is 8.24. The summed E-state index contributed by atoms with van der Waals surface area (Å²) in [5.41, 5.74) is 0.531. The second-order valence-electron chi connectivity index (χ2n) is 6.95. The largest absolute Gasteiger partial charge is 0.485 e. The number of rotatable bonds is 3. The SMILES string of the molecule is N#Cc1ccc(OC2CCN(C(=O)N3N=CCC3c3cc(F)cc(F)c3)C2)c(Cl)n1. The van der Waals surface area contributed by atoms with Gasteiger partial charge in [-0.25, -0.2) is 23.6 Å². The molecule has 2 aliphatic heterocycles. The van der Waals surface area contributed by atoms with Crippen molar-refractivity contribution in [2.75, 3.05) is 13.1 Å². The Labute approximate surface area is 176 Å². The lowest BCUT2D eigenvalue weighted by Crippen LogP contribution is -2.40. The van der Waals surface area contributed by atoms with Crippen LogP contribution in [-0.4, -0.2) is 46.3 Å². The fourth-order valence-corrected chi connectivity index (χ4v) is 3.74. The summed E-state index contributed by atoms with van der Waals surface area (Å²) in [6.45, 7) is 0.729. The van der Waals surface area contributed by atoms with E-state index in [1.165, 1.54) is 23.2 Å². The maximum Gasteiger partial charge on any atom is 0.341 e. The first-order chi connectivity index (χ1) is 14.4. The Bertz CT molecular complexity index is 1040. The minimum Gasteiger partial charge on any atom is -0.485 e. The zero-order chi connectivity index (χ0) is 21.3. The fraction of sp³-hybridized carbons (Fsp3) is 0.300. The summed E-state index contributed by atoms with van der Waals surface area (Å²) in [6, 6.07) is 7.23. The van der Waals surface area contributed by atoms with Crippen LogP contribution >= 0.6 is 11.6 Å². The van der Waals surface area contributed by atoms with Gasteiger partial charge in [0, 0.05) is 31.7 Å². The van der Waals surface area contributed by atoms with Gasteiger partial charge in [-0.1, -0.05) is 11.6 Å². The molecule has 1 aromatic heterocycles. The Morgan fingerprint density at radius 3 is 2.73 bits per heavy atom. The zero-order valence-electron chi connectivity index (χ0n) is 15.6. The molecule has 1 fully saturated rings. The Balaban J connectivity index is 1.43. The first kappa shape index (κ1) is 20.0. The van der Waals surface area contributed by atoms with E-state index in [-0.39, 0.29) is 23.0 Å². The molecule has 0 aliphatic carbocycles. The number of hydrogen-bond acceptors (Lipinski definition) is 5. The maximum atomic E-state index is 13.6. The van der Waals surface area contributed by atoms with Gasteiger partial charge in [0.1, 0.15) is 29.5 Å². The van der Waals surface area contributed by atoms with Crippen LogP contribution in [0.15, 0.2) is 35.4 Å². The zero-order valence-corrected chi connectivity index (χ0v) is 16.4. The molecule has 0 spiro atoms. The van der Waals surface area contributed by atoms with E-state index in [0.717, 1.165) is 6.07 Å². The molecule has 4 rings (SSSR count). The normalized spacial score (nSPS) is 20.5. The molecule has 1 aromatic carbocycles. The second-order valence-corrected chi connectivity index (χ2v) is 7.31. The van der Waals surface area contributed by atoms with Crippen LogP contribution in [0.5, 0.6) is 5.75 Å². The minimum absolute atomic E-state index is 0.0798. The number of nitrogens with zero attached hydrogens (tertiary/aromatic N) is 5. The highest BCUT2D eigenvalue weighted by Gasteiger charge is 2.36. The lowest BCUT2D eigenvalue weighted by Gasteiger charge is -2.27. The van der Waals surface area contributed by atoms with E-state index in [4.69, 9.17) is 21.6 Å². The van der Waals surface area contributed by atoms with Crippen LogP contribution in [0.25, 0.3) is 0 Å². The third-order valence-corrected chi connectivity index (χ3v) is 5.20. The standard InChI is InChI=1S/C20H16ClF2N5O2/c21-19-18(2-1-15(10-24)26-19)30-16-4-6-27(11-16)20(29)28-17(3-5-25-28)12-7-13(22)9-14(23)8-12/h1-2,5,7-9,16-17H,3-4,6,11H2. The number of hydrogen-bond donors (Lipinski definition) is 0. The summed E-state index contributed by atoms with van der Waals surface area (Å²) in [4.78, 5) is 18.5. The van der Waals surface area contributed by atoms with Crippen molar-refractivity contribution in [3.05, 3.63) is 58.4 Å². The number of hydrazone groups is 1. The smallest absolute Gasteiger partial charge is 0.341 e. The van der Waals surface area contributed by atoms with Gasteiger partial charge in [-0.05, 0) is 29.8 Å². The van der Waals surface area contributed by atoms with Gasteiger partial charge in [0.15, 0.2) is 10.9 Å². The molecule has 0 saturated carbocycles. The molecule has 10 heteroatoms. The van der Waals surface area contributed by atoms with E-state index < -0.39 is 17.7 Å². The van der Waals surface area contributed by atoms with Gasteiger partial charge < -0.3 is 9.64 Å². The van der Waals surface area contributed by atoms with Crippen LogP contribution in [0.2, 0.25) is 5.15 Å². The summed E-state index contributed by atoms with van der Waals surface area (Å²) in [5.74, 6) is -1.07. The van der Waals surface area contributed by atoms with Crippen molar-refractivity contribution in [1.82, 2.24) is 14.9 Å². The maximum absolute atomic E-state index is 13.6. The van der Waals surface area contributed by atoms with Crippen LogP contribution < -0.4 is 4.74 Å². The summed E-state index contributed by atoms with van der Waals surface area (Å²) < 4.78 is 33.0. The highest BCUT2D eigenvalue weighted by molar-refractivity contribution is 6.30. The Morgan fingerprint density at radius 2 is 2.03 bits per heavy atom. The van der Waals surface area contributed by atoms with Crippen molar-refractivity contribution in [1.29, 1.82) is 5.26 Å². The van der Waals surface area contributed by atoms with Crippen LogP contribution in [-0.2, 0) is 0 Å². The minimum atomic E-state index is -0.702. The van der Waals surface area contributed by atoms with Crippen molar-refractivity contribution in [3.63, 3.8) is 0 Å². The van der Waals surface area contributed by atoms with E-state index in [1.807, 2.05) is 6.07 Å². The molecule has 2 amide bonds. The molecule has 3 heterocycles. The predicted octanol–water partition coefficient (Wildman–Crippen LogP) is 3.89. The fourth-order valence-electron chi connectivity index (χ4n) is 3.54. The molecule has 7 nitrogen and oxygen atoms in total. The quantitative estimate of drug-likeness (QED) is 0.690. The molecule has 154 valence electrons. The molecule has 1 saturated heterocycles.